The Kier molecular flexibility index (Phi) is 3.24. The van der Waals surface area contributed by atoms with Crippen LogP contribution in [0.1, 0.15) is 25.8 Å². The number of nitrogens with one attached hydrogen (secondary N) is 1. The van der Waals surface area contributed by atoms with Crippen LogP contribution in [0.15, 0.2) is 18.2 Å². The van der Waals surface area contributed by atoms with E-state index in [0.717, 1.165) is 12.1 Å². The molecule has 1 aliphatic rings. The van der Waals surface area contributed by atoms with Crippen molar-refractivity contribution < 1.29 is 22.7 Å². The average Bonchev–Trinajstić information content (AvgIpc) is 2.29. The van der Waals surface area contributed by atoms with Crippen molar-refractivity contribution in [3.05, 3.63) is 29.6 Å². The largest absolute Gasteiger partial charge is 0.416 e. The first-order valence-corrected chi connectivity index (χ1v) is 5.93. The molecule has 0 radical (unpaired) electrons. The van der Waals surface area contributed by atoms with Gasteiger partial charge in [0.25, 0.3) is 0 Å². The number of hydrogen-bond acceptors (Lipinski definition) is 2. The molecule has 1 fully saturated rings. The van der Waals surface area contributed by atoms with Crippen molar-refractivity contribution in [1.29, 1.82) is 0 Å². The first-order valence-electron chi connectivity index (χ1n) is 5.93. The second-order valence-corrected chi connectivity index (χ2v) is 5.46. The molecule has 1 aromatic carbocycles. The van der Waals surface area contributed by atoms with Crippen molar-refractivity contribution in [3.63, 3.8) is 0 Å². The molecule has 6 heteroatoms. The van der Waals surface area contributed by atoms with Crippen LogP contribution in [0, 0.1) is 11.2 Å². The molecule has 0 heterocycles. The second kappa shape index (κ2) is 4.37. The first kappa shape index (κ1) is 14.1. The summed E-state index contributed by atoms with van der Waals surface area (Å²) in [7, 11) is 0. The van der Waals surface area contributed by atoms with Crippen LogP contribution in [0.2, 0.25) is 0 Å². The molecule has 0 bridgehead atoms. The molecule has 1 aliphatic carbocycles. The molecule has 0 saturated heterocycles. The van der Waals surface area contributed by atoms with Crippen molar-refractivity contribution in [2.75, 3.05) is 5.32 Å². The summed E-state index contributed by atoms with van der Waals surface area (Å²) < 4.78 is 51.2. The van der Waals surface area contributed by atoms with Crippen molar-refractivity contribution >= 4 is 5.69 Å². The van der Waals surface area contributed by atoms with Crippen molar-refractivity contribution in [2.45, 2.75) is 38.6 Å². The number of rotatable bonds is 2. The zero-order valence-corrected chi connectivity index (χ0v) is 10.6. The summed E-state index contributed by atoms with van der Waals surface area (Å²) in [5.74, 6) is -0.731. The Hall–Kier alpha value is -1.30. The third-order valence-corrected chi connectivity index (χ3v) is 3.84. The van der Waals surface area contributed by atoms with E-state index >= 15 is 0 Å². The highest BCUT2D eigenvalue weighted by atomic mass is 19.4. The molecule has 2 nitrogen and oxygen atoms in total. The predicted octanol–water partition coefficient (Wildman–Crippen LogP) is 3.42. The smallest absolute Gasteiger partial charge is 0.392 e. The van der Waals surface area contributed by atoms with Gasteiger partial charge in [-0.3, -0.25) is 0 Å². The normalized spacial score (nSPS) is 25.8. The zero-order chi connectivity index (χ0) is 14.4. The topological polar surface area (TPSA) is 32.3 Å². The maximum atomic E-state index is 13.5. The monoisotopic (exact) mass is 277 g/mol. The van der Waals surface area contributed by atoms with Gasteiger partial charge in [-0.2, -0.15) is 13.2 Å². The van der Waals surface area contributed by atoms with Crippen LogP contribution in [-0.2, 0) is 6.18 Å². The van der Waals surface area contributed by atoms with Crippen LogP contribution >= 0.6 is 0 Å². The lowest BCUT2D eigenvalue weighted by Gasteiger charge is -2.49. The molecule has 0 aliphatic heterocycles. The SMILES string of the molecule is CC1(C)C(O)CC1Nc1cc(C(F)(F)F)ccc1F. The molecule has 1 saturated carbocycles. The number of halogens is 4. The summed E-state index contributed by atoms with van der Waals surface area (Å²) in [5.41, 5.74) is -1.56. The summed E-state index contributed by atoms with van der Waals surface area (Å²) in [4.78, 5) is 0. The van der Waals surface area contributed by atoms with Crippen LogP contribution in [0.4, 0.5) is 23.2 Å². The Labute approximate surface area is 108 Å². The number of aliphatic hydroxyl groups is 1. The Balaban J connectivity index is 2.21. The number of anilines is 1. The summed E-state index contributed by atoms with van der Waals surface area (Å²) in [6, 6.07) is 2.02. The molecule has 2 unspecified atom stereocenters. The molecule has 2 N–H and O–H groups in total. The zero-order valence-electron chi connectivity index (χ0n) is 10.6. The molecular weight excluding hydrogens is 262 g/mol. The fraction of sp³-hybridized carbons (Fsp3) is 0.538. The Bertz CT molecular complexity index is 484. The van der Waals surface area contributed by atoms with Crippen LogP contribution in [0.3, 0.4) is 0 Å². The Morgan fingerprint density at radius 1 is 1.32 bits per heavy atom. The van der Waals surface area contributed by atoms with Crippen LogP contribution in [0.25, 0.3) is 0 Å². The van der Waals surface area contributed by atoms with Gasteiger partial charge < -0.3 is 10.4 Å². The summed E-state index contributed by atoms with van der Waals surface area (Å²) in [5, 5.41) is 12.3. The minimum Gasteiger partial charge on any atom is -0.392 e. The predicted molar refractivity (Wildman–Crippen MR) is 63.2 cm³/mol. The summed E-state index contributed by atoms with van der Waals surface area (Å²) in [6.45, 7) is 3.56. The highest BCUT2D eigenvalue weighted by molar-refractivity contribution is 5.49. The molecule has 2 rings (SSSR count). The minimum atomic E-state index is -4.50. The highest BCUT2D eigenvalue weighted by Gasteiger charge is 2.47. The molecule has 106 valence electrons. The molecule has 1 aromatic rings. The van der Waals surface area contributed by atoms with Crippen molar-refractivity contribution in [2.24, 2.45) is 5.41 Å². The van der Waals surface area contributed by atoms with Crippen LogP contribution < -0.4 is 5.32 Å². The molecule has 0 amide bonds. The average molecular weight is 277 g/mol. The van der Waals surface area contributed by atoms with E-state index in [-0.39, 0.29) is 11.7 Å². The highest BCUT2D eigenvalue weighted by Crippen LogP contribution is 2.43. The van der Waals surface area contributed by atoms with E-state index in [1.165, 1.54) is 0 Å². The molecular formula is C13H15F4NO. The van der Waals surface area contributed by atoms with Crippen LogP contribution in [0.5, 0.6) is 0 Å². The molecule has 0 spiro atoms. The van der Waals surface area contributed by atoms with E-state index in [1.54, 1.807) is 13.8 Å². The lowest BCUT2D eigenvalue weighted by molar-refractivity contribution is -0.137. The Morgan fingerprint density at radius 3 is 2.42 bits per heavy atom. The number of hydrogen-bond donors (Lipinski definition) is 2. The maximum absolute atomic E-state index is 13.5. The van der Waals surface area contributed by atoms with Gasteiger partial charge in [0, 0.05) is 11.5 Å². The van der Waals surface area contributed by atoms with E-state index in [1.807, 2.05) is 0 Å². The third-order valence-electron chi connectivity index (χ3n) is 3.84. The van der Waals surface area contributed by atoms with Gasteiger partial charge in [-0.15, -0.1) is 0 Å². The molecule has 2 atom stereocenters. The fourth-order valence-corrected chi connectivity index (χ4v) is 2.15. The molecule has 0 aromatic heterocycles. The third kappa shape index (κ3) is 2.54. The van der Waals surface area contributed by atoms with E-state index in [0.29, 0.717) is 12.5 Å². The van der Waals surface area contributed by atoms with Gasteiger partial charge in [0.2, 0.25) is 0 Å². The number of alkyl halides is 3. The fourth-order valence-electron chi connectivity index (χ4n) is 2.15. The maximum Gasteiger partial charge on any atom is 0.416 e. The number of benzene rings is 1. The Morgan fingerprint density at radius 2 is 1.95 bits per heavy atom. The lowest BCUT2D eigenvalue weighted by Crippen LogP contribution is -2.57. The van der Waals surface area contributed by atoms with E-state index in [2.05, 4.69) is 5.32 Å². The van der Waals surface area contributed by atoms with E-state index in [9.17, 15) is 22.7 Å². The van der Waals surface area contributed by atoms with Gasteiger partial charge in [-0.05, 0) is 24.6 Å². The van der Waals surface area contributed by atoms with Crippen molar-refractivity contribution in [3.8, 4) is 0 Å². The summed E-state index contributed by atoms with van der Waals surface area (Å²) >= 11 is 0. The number of aliphatic hydroxyl groups excluding tert-OH is 1. The van der Waals surface area contributed by atoms with Gasteiger partial charge >= 0.3 is 6.18 Å². The summed E-state index contributed by atoms with van der Waals surface area (Å²) in [6.07, 6.45) is -4.64. The van der Waals surface area contributed by atoms with Gasteiger partial charge in [-0.1, -0.05) is 13.8 Å². The van der Waals surface area contributed by atoms with Crippen molar-refractivity contribution in [1.82, 2.24) is 0 Å². The standard InChI is InChI=1S/C13H15F4NO/c1-12(2)10(6-11(12)19)18-9-5-7(13(15,16)17)3-4-8(9)14/h3-5,10-11,18-19H,6H2,1-2H3. The molecule has 19 heavy (non-hydrogen) atoms. The second-order valence-electron chi connectivity index (χ2n) is 5.46. The first-order chi connectivity index (χ1) is 8.62. The van der Waals surface area contributed by atoms with Gasteiger partial charge in [0.05, 0.1) is 17.4 Å². The quantitative estimate of drug-likeness (QED) is 0.812. The minimum absolute atomic E-state index is 0.181. The van der Waals surface area contributed by atoms with E-state index < -0.39 is 29.1 Å². The van der Waals surface area contributed by atoms with E-state index in [4.69, 9.17) is 0 Å². The van der Waals surface area contributed by atoms with Gasteiger partial charge in [-0.25, -0.2) is 4.39 Å². The van der Waals surface area contributed by atoms with Gasteiger partial charge in [0.1, 0.15) is 5.82 Å². The van der Waals surface area contributed by atoms with Crippen LogP contribution in [-0.4, -0.2) is 17.3 Å². The lowest BCUT2D eigenvalue weighted by atomic mass is 9.64. The van der Waals surface area contributed by atoms with Gasteiger partial charge in [0.15, 0.2) is 0 Å².